The van der Waals surface area contributed by atoms with Gasteiger partial charge in [0.2, 0.25) is 5.91 Å². The molecule has 0 atom stereocenters. The molecule has 1 aromatic heterocycles. The molecular formula is C22H31ClN4O2. The second kappa shape index (κ2) is 13.7. The van der Waals surface area contributed by atoms with Gasteiger partial charge in [-0.3, -0.25) is 9.59 Å². The van der Waals surface area contributed by atoms with Crippen molar-refractivity contribution in [3.8, 4) is 0 Å². The Kier molecular flexibility index (Phi) is 11.6. The number of hydrogen-bond acceptors (Lipinski definition) is 4. The molecule has 158 valence electrons. The standard InChI is InChI=1S/C12H16N4O2.C8H9Cl.C2H6/c1-13-4-2-3-12(18)15-5-6-16-10(9-17)7-14-11(16)8-15;1-2-7-5-3-4-6-8(7)9;1-2/h2-3,7,9,13H,4-6,8H2,1H3;3-6H,2H2,1H3;1-2H3/b3-2+;;. The number of nitrogens with zero attached hydrogens (tertiary/aromatic N) is 3. The lowest BCUT2D eigenvalue weighted by atomic mass is 10.2. The van der Waals surface area contributed by atoms with Crippen LogP contribution < -0.4 is 5.32 Å². The molecule has 1 aliphatic rings. The van der Waals surface area contributed by atoms with E-state index in [1.165, 1.54) is 5.56 Å². The molecule has 1 amide bonds. The molecule has 2 heterocycles. The van der Waals surface area contributed by atoms with Crippen molar-refractivity contribution in [2.75, 3.05) is 20.1 Å². The molecule has 0 radical (unpaired) electrons. The van der Waals surface area contributed by atoms with Crippen LogP contribution in [0, 0.1) is 0 Å². The number of aryl methyl sites for hydroxylation is 1. The van der Waals surface area contributed by atoms with Gasteiger partial charge in [0, 0.05) is 30.7 Å². The number of carbonyl (C=O) groups is 2. The second-order valence-electron chi connectivity index (χ2n) is 6.03. The fraction of sp³-hybridized carbons (Fsp3) is 0.409. The van der Waals surface area contributed by atoms with Gasteiger partial charge < -0.3 is 14.8 Å². The normalized spacial score (nSPS) is 12.4. The number of carbonyl (C=O) groups excluding carboxylic acids is 2. The van der Waals surface area contributed by atoms with Crippen LogP contribution in [0.2, 0.25) is 5.02 Å². The van der Waals surface area contributed by atoms with Crippen molar-refractivity contribution in [3.05, 3.63) is 64.7 Å². The Bertz CT molecular complexity index is 802. The summed E-state index contributed by atoms with van der Waals surface area (Å²) in [6, 6.07) is 7.91. The molecule has 0 saturated carbocycles. The van der Waals surface area contributed by atoms with Crippen molar-refractivity contribution < 1.29 is 9.59 Å². The predicted octanol–water partition coefficient (Wildman–Crippen LogP) is 3.74. The first kappa shape index (κ1) is 24.6. The van der Waals surface area contributed by atoms with E-state index in [0.717, 1.165) is 23.6 Å². The number of rotatable bonds is 5. The van der Waals surface area contributed by atoms with Gasteiger partial charge in [0.25, 0.3) is 0 Å². The third-order valence-corrected chi connectivity index (χ3v) is 4.62. The Balaban J connectivity index is 0.000000321. The zero-order valence-electron chi connectivity index (χ0n) is 17.7. The van der Waals surface area contributed by atoms with Crippen molar-refractivity contribution >= 4 is 23.8 Å². The van der Waals surface area contributed by atoms with Gasteiger partial charge in [-0.2, -0.15) is 0 Å². The molecule has 0 saturated heterocycles. The molecule has 1 aromatic carbocycles. The van der Waals surface area contributed by atoms with E-state index < -0.39 is 0 Å². The van der Waals surface area contributed by atoms with Crippen LogP contribution in [-0.2, 0) is 24.3 Å². The largest absolute Gasteiger partial charge is 0.330 e. The number of halogens is 1. The van der Waals surface area contributed by atoms with E-state index in [-0.39, 0.29) is 5.91 Å². The average molecular weight is 419 g/mol. The molecule has 1 aliphatic heterocycles. The first-order valence-electron chi connectivity index (χ1n) is 9.93. The summed E-state index contributed by atoms with van der Waals surface area (Å²) in [6.07, 6.45) is 6.71. The number of aromatic nitrogens is 2. The molecular weight excluding hydrogens is 388 g/mol. The van der Waals surface area contributed by atoms with E-state index in [0.29, 0.717) is 31.9 Å². The maximum Gasteiger partial charge on any atom is 0.246 e. The minimum absolute atomic E-state index is 0.0212. The van der Waals surface area contributed by atoms with Crippen molar-refractivity contribution in [2.24, 2.45) is 0 Å². The summed E-state index contributed by atoms with van der Waals surface area (Å²) in [5, 5.41) is 3.81. The topological polar surface area (TPSA) is 67.2 Å². The number of likely N-dealkylation sites (N-methyl/N-ethyl adjacent to an activating group) is 1. The Labute approximate surface area is 178 Å². The van der Waals surface area contributed by atoms with Gasteiger partial charge in [-0.15, -0.1) is 0 Å². The second-order valence-corrected chi connectivity index (χ2v) is 6.44. The summed E-state index contributed by atoms with van der Waals surface area (Å²) >= 11 is 5.82. The lowest BCUT2D eigenvalue weighted by molar-refractivity contribution is -0.127. The molecule has 0 bridgehead atoms. The van der Waals surface area contributed by atoms with Gasteiger partial charge in [0.15, 0.2) is 6.29 Å². The van der Waals surface area contributed by atoms with E-state index in [1.807, 2.05) is 49.7 Å². The highest BCUT2D eigenvalue weighted by Gasteiger charge is 2.21. The Morgan fingerprint density at radius 1 is 1.28 bits per heavy atom. The summed E-state index contributed by atoms with van der Waals surface area (Å²) in [7, 11) is 1.83. The van der Waals surface area contributed by atoms with Crippen molar-refractivity contribution in [1.29, 1.82) is 0 Å². The Hall–Kier alpha value is -2.44. The van der Waals surface area contributed by atoms with E-state index in [2.05, 4.69) is 17.2 Å². The third-order valence-electron chi connectivity index (χ3n) is 4.25. The molecule has 0 fully saturated rings. The van der Waals surface area contributed by atoms with Crippen LogP contribution in [-0.4, -0.2) is 46.8 Å². The molecule has 6 nitrogen and oxygen atoms in total. The average Bonchev–Trinajstić information content (AvgIpc) is 3.18. The number of hydrogen-bond donors (Lipinski definition) is 1. The number of aldehydes is 1. The molecule has 0 unspecified atom stereocenters. The molecule has 7 heteroatoms. The van der Waals surface area contributed by atoms with Gasteiger partial charge in [-0.1, -0.05) is 56.6 Å². The number of amides is 1. The molecule has 29 heavy (non-hydrogen) atoms. The maximum atomic E-state index is 11.9. The van der Waals surface area contributed by atoms with Gasteiger partial charge in [0.05, 0.1) is 12.7 Å². The highest BCUT2D eigenvalue weighted by molar-refractivity contribution is 6.31. The first-order valence-corrected chi connectivity index (χ1v) is 10.3. The fourth-order valence-electron chi connectivity index (χ4n) is 2.73. The smallest absolute Gasteiger partial charge is 0.246 e. The quantitative estimate of drug-likeness (QED) is 0.593. The summed E-state index contributed by atoms with van der Waals surface area (Å²) < 4.78 is 1.86. The van der Waals surface area contributed by atoms with E-state index in [1.54, 1.807) is 23.2 Å². The summed E-state index contributed by atoms with van der Waals surface area (Å²) in [5.41, 5.74) is 1.79. The highest BCUT2D eigenvalue weighted by atomic mass is 35.5. The van der Waals surface area contributed by atoms with Crippen LogP contribution in [0.1, 0.15) is 42.6 Å². The minimum atomic E-state index is -0.0212. The van der Waals surface area contributed by atoms with Gasteiger partial charge in [-0.05, 0) is 25.1 Å². The Morgan fingerprint density at radius 2 is 2.00 bits per heavy atom. The lowest BCUT2D eigenvalue weighted by Gasteiger charge is -2.27. The zero-order chi connectivity index (χ0) is 21.6. The van der Waals surface area contributed by atoms with E-state index >= 15 is 0 Å². The van der Waals surface area contributed by atoms with Crippen molar-refractivity contribution in [2.45, 2.75) is 40.3 Å². The Morgan fingerprint density at radius 3 is 2.59 bits per heavy atom. The lowest BCUT2D eigenvalue weighted by Crippen LogP contribution is -2.38. The van der Waals surface area contributed by atoms with Crippen LogP contribution in [0.4, 0.5) is 0 Å². The fourth-order valence-corrected chi connectivity index (χ4v) is 3.00. The monoisotopic (exact) mass is 418 g/mol. The van der Waals surface area contributed by atoms with Crippen LogP contribution in [0.25, 0.3) is 0 Å². The summed E-state index contributed by atoms with van der Waals surface area (Å²) in [6.45, 7) is 8.45. The molecule has 1 N–H and O–H groups in total. The number of imidazole rings is 1. The highest BCUT2D eigenvalue weighted by Crippen LogP contribution is 2.14. The van der Waals surface area contributed by atoms with E-state index in [4.69, 9.17) is 11.6 Å². The molecule has 0 aliphatic carbocycles. The zero-order valence-corrected chi connectivity index (χ0v) is 18.4. The van der Waals surface area contributed by atoms with Crippen LogP contribution >= 0.6 is 11.6 Å². The molecule has 0 spiro atoms. The maximum absolute atomic E-state index is 11.9. The number of fused-ring (bicyclic) bond motifs is 1. The molecule has 3 rings (SSSR count). The van der Waals surface area contributed by atoms with Crippen LogP contribution in [0.3, 0.4) is 0 Å². The SMILES string of the molecule is CC.CCc1ccccc1Cl.CNC/C=C/C(=O)N1CCn2c(C=O)cnc2C1. The minimum Gasteiger partial charge on any atom is -0.330 e. The van der Waals surface area contributed by atoms with Crippen molar-refractivity contribution in [1.82, 2.24) is 19.8 Å². The van der Waals surface area contributed by atoms with Gasteiger partial charge in [0.1, 0.15) is 11.5 Å². The third kappa shape index (κ3) is 7.48. The first-order chi connectivity index (χ1) is 14.1. The van der Waals surface area contributed by atoms with E-state index in [9.17, 15) is 9.59 Å². The summed E-state index contributed by atoms with van der Waals surface area (Å²) in [5.74, 6) is 0.742. The van der Waals surface area contributed by atoms with Gasteiger partial charge in [-0.25, -0.2) is 4.98 Å². The molecule has 2 aromatic rings. The number of benzene rings is 1. The van der Waals surface area contributed by atoms with Crippen molar-refractivity contribution in [3.63, 3.8) is 0 Å². The predicted molar refractivity (Wildman–Crippen MR) is 118 cm³/mol. The van der Waals surface area contributed by atoms with Crippen LogP contribution in [0.5, 0.6) is 0 Å². The summed E-state index contributed by atoms with van der Waals surface area (Å²) in [4.78, 5) is 28.5. The number of nitrogens with one attached hydrogen (secondary N) is 1. The van der Waals surface area contributed by atoms with Crippen LogP contribution in [0.15, 0.2) is 42.6 Å². The van der Waals surface area contributed by atoms with Gasteiger partial charge >= 0.3 is 0 Å².